The van der Waals surface area contributed by atoms with E-state index >= 15 is 0 Å². The van der Waals surface area contributed by atoms with E-state index < -0.39 is 15.8 Å². The topological polar surface area (TPSA) is 75.3 Å². The molecule has 0 saturated carbocycles. The summed E-state index contributed by atoms with van der Waals surface area (Å²) in [6.45, 7) is 1.90. The number of thiophene rings is 1. The average Bonchev–Trinajstić information content (AvgIpc) is 3.03. The van der Waals surface area contributed by atoms with E-state index in [0.717, 1.165) is 17.0 Å². The van der Waals surface area contributed by atoms with Gasteiger partial charge in [-0.05, 0) is 55.5 Å². The summed E-state index contributed by atoms with van der Waals surface area (Å²) in [5, 5.41) is 2.71. The highest BCUT2D eigenvalue weighted by atomic mass is 32.2. The van der Waals surface area contributed by atoms with Crippen molar-refractivity contribution in [2.45, 2.75) is 11.8 Å². The third-order valence-corrected chi connectivity index (χ3v) is 5.89. The maximum Gasteiger partial charge on any atom is 0.265 e. The number of hydrogen-bond donors (Lipinski definition) is 2. The highest BCUT2D eigenvalue weighted by Crippen LogP contribution is 2.26. The quantitative estimate of drug-likeness (QED) is 0.684. The molecule has 5 nitrogen and oxygen atoms in total. The molecule has 26 heavy (non-hydrogen) atoms. The molecule has 0 fully saturated rings. The second kappa shape index (κ2) is 7.27. The molecule has 0 atom stereocenters. The zero-order chi connectivity index (χ0) is 18.7. The Hall–Kier alpha value is -2.71. The van der Waals surface area contributed by atoms with Crippen molar-refractivity contribution in [1.82, 2.24) is 0 Å². The Bertz CT molecular complexity index is 1040. The van der Waals surface area contributed by atoms with Gasteiger partial charge in [-0.2, -0.15) is 0 Å². The molecule has 134 valence electrons. The van der Waals surface area contributed by atoms with Gasteiger partial charge >= 0.3 is 0 Å². The van der Waals surface area contributed by atoms with Crippen molar-refractivity contribution in [1.29, 1.82) is 0 Å². The molecule has 2 aromatic carbocycles. The number of amides is 1. The van der Waals surface area contributed by atoms with E-state index in [1.54, 1.807) is 24.3 Å². The third kappa shape index (κ3) is 4.09. The number of anilines is 2. The number of carbonyl (C=O) groups excluding carboxylic acids is 1. The van der Waals surface area contributed by atoms with Gasteiger partial charge in [-0.3, -0.25) is 9.52 Å². The van der Waals surface area contributed by atoms with Crippen LogP contribution >= 0.6 is 11.3 Å². The molecule has 0 radical (unpaired) electrons. The second-order valence-corrected chi connectivity index (χ2v) is 8.44. The normalized spacial score (nSPS) is 11.2. The van der Waals surface area contributed by atoms with Crippen LogP contribution in [0.3, 0.4) is 0 Å². The molecule has 1 aromatic heterocycles. The van der Waals surface area contributed by atoms with E-state index in [-0.39, 0.29) is 16.5 Å². The van der Waals surface area contributed by atoms with Gasteiger partial charge < -0.3 is 5.32 Å². The molecule has 0 aliphatic rings. The van der Waals surface area contributed by atoms with E-state index in [0.29, 0.717) is 10.6 Å². The van der Waals surface area contributed by atoms with Gasteiger partial charge in [-0.25, -0.2) is 12.8 Å². The monoisotopic (exact) mass is 390 g/mol. The summed E-state index contributed by atoms with van der Waals surface area (Å²) in [7, 11) is -3.91. The third-order valence-electron chi connectivity index (χ3n) is 3.51. The lowest BCUT2D eigenvalue weighted by Gasteiger charge is -2.13. The van der Waals surface area contributed by atoms with Gasteiger partial charge in [0, 0.05) is 4.88 Å². The Balaban J connectivity index is 1.85. The van der Waals surface area contributed by atoms with Crippen LogP contribution in [0.5, 0.6) is 0 Å². The van der Waals surface area contributed by atoms with Crippen LogP contribution in [0.2, 0.25) is 0 Å². The molecule has 3 rings (SSSR count). The predicted molar refractivity (Wildman–Crippen MR) is 101 cm³/mol. The lowest BCUT2D eigenvalue weighted by atomic mass is 10.2. The fraction of sp³-hybridized carbons (Fsp3) is 0.0556. The zero-order valence-electron chi connectivity index (χ0n) is 13.7. The largest absolute Gasteiger partial charge is 0.319 e. The number of benzene rings is 2. The van der Waals surface area contributed by atoms with Gasteiger partial charge in [0.1, 0.15) is 5.82 Å². The van der Waals surface area contributed by atoms with Gasteiger partial charge in [-0.15, -0.1) is 11.3 Å². The Morgan fingerprint density at radius 2 is 1.62 bits per heavy atom. The van der Waals surface area contributed by atoms with Crippen molar-refractivity contribution in [2.24, 2.45) is 0 Å². The summed E-state index contributed by atoms with van der Waals surface area (Å²) in [6.07, 6.45) is 0. The molecule has 8 heteroatoms. The summed E-state index contributed by atoms with van der Waals surface area (Å²) in [4.78, 5) is 13.8. The van der Waals surface area contributed by atoms with Crippen LogP contribution in [0.4, 0.5) is 15.8 Å². The van der Waals surface area contributed by atoms with Crippen molar-refractivity contribution < 1.29 is 17.6 Å². The van der Waals surface area contributed by atoms with Crippen molar-refractivity contribution in [3.63, 3.8) is 0 Å². The first-order valence-electron chi connectivity index (χ1n) is 7.60. The number of sulfonamides is 1. The zero-order valence-corrected chi connectivity index (χ0v) is 15.3. The van der Waals surface area contributed by atoms with Gasteiger partial charge in [0.25, 0.3) is 15.9 Å². The predicted octanol–water partition coefficient (Wildman–Crippen LogP) is 4.25. The number of rotatable bonds is 5. The van der Waals surface area contributed by atoms with Crippen molar-refractivity contribution >= 4 is 38.6 Å². The lowest BCUT2D eigenvalue weighted by Crippen LogP contribution is -2.16. The number of nitrogens with one attached hydrogen (secondary N) is 2. The number of hydrogen-bond acceptors (Lipinski definition) is 4. The molecule has 3 aromatic rings. The first kappa shape index (κ1) is 18.1. The Kier molecular flexibility index (Phi) is 5.06. The van der Waals surface area contributed by atoms with E-state index in [1.165, 1.54) is 29.5 Å². The van der Waals surface area contributed by atoms with Crippen LogP contribution in [0.15, 0.2) is 65.6 Å². The molecular weight excluding hydrogens is 375 g/mol. The molecule has 0 bridgehead atoms. The van der Waals surface area contributed by atoms with Gasteiger partial charge in [0.15, 0.2) is 0 Å². The second-order valence-electron chi connectivity index (χ2n) is 5.47. The van der Waals surface area contributed by atoms with Crippen molar-refractivity contribution in [3.05, 3.63) is 76.2 Å². The van der Waals surface area contributed by atoms with E-state index in [4.69, 9.17) is 0 Å². The van der Waals surface area contributed by atoms with Crippen molar-refractivity contribution in [2.75, 3.05) is 10.0 Å². The fourth-order valence-corrected chi connectivity index (χ4v) is 4.08. The molecule has 0 spiro atoms. The van der Waals surface area contributed by atoms with Crippen LogP contribution < -0.4 is 10.0 Å². The van der Waals surface area contributed by atoms with Crippen LogP contribution in [-0.2, 0) is 10.0 Å². The first-order chi connectivity index (χ1) is 12.3. The fourth-order valence-electron chi connectivity index (χ4n) is 2.24. The molecule has 0 unspecified atom stereocenters. The summed E-state index contributed by atoms with van der Waals surface area (Å²) in [5.74, 6) is -0.848. The van der Waals surface area contributed by atoms with Crippen LogP contribution in [-0.4, -0.2) is 14.3 Å². The molecule has 2 N–H and O–H groups in total. The summed E-state index contributed by atoms with van der Waals surface area (Å²) in [5.41, 5.74) is 0.549. The summed E-state index contributed by atoms with van der Waals surface area (Å²) < 4.78 is 40.4. The Labute approximate surface area is 154 Å². The smallest absolute Gasteiger partial charge is 0.265 e. The lowest BCUT2D eigenvalue weighted by molar-refractivity contribution is 0.103. The van der Waals surface area contributed by atoms with Crippen LogP contribution in [0, 0.1) is 12.7 Å². The number of halogens is 1. The molecule has 1 amide bonds. The van der Waals surface area contributed by atoms with Crippen LogP contribution in [0.1, 0.15) is 14.5 Å². The molecule has 0 saturated heterocycles. The minimum atomic E-state index is -3.91. The molecular formula is C18H15FN2O3S2. The van der Waals surface area contributed by atoms with Crippen molar-refractivity contribution in [3.8, 4) is 0 Å². The Morgan fingerprint density at radius 1 is 0.962 bits per heavy atom. The molecule has 0 aliphatic heterocycles. The van der Waals surface area contributed by atoms with E-state index in [2.05, 4.69) is 10.0 Å². The average molecular weight is 390 g/mol. The van der Waals surface area contributed by atoms with Gasteiger partial charge in [0.2, 0.25) is 0 Å². The Morgan fingerprint density at radius 3 is 2.23 bits per heavy atom. The number of carbonyl (C=O) groups is 1. The van der Waals surface area contributed by atoms with Crippen LogP contribution in [0.25, 0.3) is 0 Å². The first-order valence-corrected chi connectivity index (χ1v) is 9.90. The highest BCUT2D eigenvalue weighted by Gasteiger charge is 2.17. The molecule has 0 aliphatic carbocycles. The number of para-hydroxylation sites is 2. The summed E-state index contributed by atoms with van der Waals surface area (Å²) in [6, 6.07) is 14.5. The SMILES string of the molecule is Cc1ccc(C(=O)Nc2ccccc2NS(=O)(=O)c2ccc(F)cc2)s1. The summed E-state index contributed by atoms with van der Waals surface area (Å²) >= 11 is 1.35. The highest BCUT2D eigenvalue weighted by molar-refractivity contribution is 7.92. The minimum absolute atomic E-state index is 0.0751. The molecule has 1 heterocycles. The standard InChI is InChI=1S/C18H15FN2O3S2/c1-12-6-11-17(25-12)18(22)20-15-4-2-3-5-16(15)21-26(23,24)14-9-7-13(19)8-10-14/h2-11,21H,1H3,(H,20,22). The van der Waals surface area contributed by atoms with E-state index in [9.17, 15) is 17.6 Å². The van der Waals surface area contributed by atoms with Gasteiger partial charge in [-0.1, -0.05) is 12.1 Å². The van der Waals surface area contributed by atoms with E-state index in [1.807, 2.05) is 13.0 Å². The maximum atomic E-state index is 13.0. The number of aryl methyl sites for hydroxylation is 1. The maximum absolute atomic E-state index is 13.0. The van der Waals surface area contributed by atoms with Gasteiger partial charge in [0.05, 0.1) is 21.1 Å². The minimum Gasteiger partial charge on any atom is -0.319 e.